The van der Waals surface area contributed by atoms with E-state index in [9.17, 15) is 9.59 Å². The quantitative estimate of drug-likeness (QED) is 0.170. The molecule has 6 unspecified atom stereocenters. The van der Waals surface area contributed by atoms with E-state index in [1.807, 2.05) is 4.90 Å². The van der Waals surface area contributed by atoms with Gasteiger partial charge >= 0.3 is 11.5 Å². The number of piperidine rings is 2. The first-order valence-corrected chi connectivity index (χ1v) is 20.7. The molecule has 55 heavy (non-hydrogen) atoms. The third-order valence-corrected chi connectivity index (χ3v) is 14.2. The maximum Gasteiger partial charge on any atom is 0.411 e. The minimum absolute atomic E-state index is 0. The zero-order valence-electron chi connectivity index (χ0n) is 32.2. The van der Waals surface area contributed by atoms with Crippen molar-refractivity contribution < 1.29 is 28.5 Å². The number of benzene rings is 2. The van der Waals surface area contributed by atoms with Crippen LogP contribution in [0, 0.1) is 25.7 Å². The molecule has 0 aromatic heterocycles. The summed E-state index contributed by atoms with van der Waals surface area (Å²) in [5.41, 5.74) is 9.38. The number of halogens is 3. The van der Waals surface area contributed by atoms with Crippen molar-refractivity contribution in [1.29, 1.82) is 0 Å². The van der Waals surface area contributed by atoms with E-state index in [2.05, 4.69) is 80.8 Å². The normalized spacial score (nSPS) is 33.1. The molecular weight excluding hydrogens is 759 g/mol. The summed E-state index contributed by atoms with van der Waals surface area (Å²) in [5.74, 6) is 3.43. The second-order valence-electron chi connectivity index (χ2n) is 16.7. The molecule has 2 aromatic carbocycles. The summed E-state index contributed by atoms with van der Waals surface area (Å²) in [6.45, 7) is 13.9. The highest BCUT2D eigenvalue weighted by Crippen LogP contribution is 2.64. The van der Waals surface area contributed by atoms with Gasteiger partial charge in [-0.3, -0.25) is 0 Å². The SMILES string of the molecule is C.CC(Cl)OC(=O)Cl.CC1=CCC2C3Cc4ccc(C)c5c4[C@@]2(CCN3C(=O)OC(C)Cl)[C@H]1O5.CC1=CCC2C3Cc4ccc(C)c5c4[C@@]2(CCN3C)[C@H]1O5. The van der Waals surface area contributed by atoms with Gasteiger partial charge in [0.1, 0.15) is 23.7 Å². The number of likely N-dealkylation sites (tertiary alicyclic amines) is 2. The summed E-state index contributed by atoms with van der Waals surface area (Å²) >= 11 is 15.8. The molecule has 1 amide bonds. The molecule has 2 fully saturated rings. The van der Waals surface area contributed by atoms with Crippen LogP contribution in [0.2, 0.25) is 0 Å². The summed E-state index contributed by atoms with van der Waals surface area (Å²) in [4.78, 5) is 26.9. The molecule has 10 rings (SSSR count). The fraction of sp³-hybridized carbons (Fsp3) is 0.591. The van der Waals surface area contributed by atoms with Gasteiger partial charge in [0.15, 0.2) is 11.1 Å². The molecule has 4 aliphatic carbocycles. The standard InChI is InChI=1S/C21H24ClNO3.C19H23NO.C3H4Cl2O2.CH4/c1-11-4-6-14-10-16-15-7-5-12(2)19-21(15,17(14)18(11)26-19)8-9-23(16)20(24)25-13(3)22;1-11-4-6-13-10-15-14-7-5-12(2)18-19(14,8-9-20(15)3)16(13)17(11)21-18;1-2(4)7-3(5)6;/h4-6,13,15-16,19H,7-10H2,1-3H3;4-6,14-15,18H,7-10H2,1-3H3;2H,1H3;1H4/t13?,15?,16?,19-,21-;14?,15?,18-,19-;;/m00../s1. The Morgan fingerprint density at radius 1 is 0.764 bits per heavy atom. The number of aryl methyl sites for hydroxylation is 2. The third kappa shape index (κ3) is 6.18. The number of likely N-dealkylation sites (N-methyl/N-ethyl adjacent to an activating group) is 1. The Labute approximate surface area is 341 Å². The van der Waals surface area contributed by atoms with E-state index in [4.69, 9.17) is 49.0 Å². The molecule has 298 valence electrons. The molecular formula is C44H55Cl3N2O6. The van der Waals surface area contributed by atoms with Gasteiger partial charge in [-0.1, -0.05) is 67.0 Å². The maximum atomic E-state index is 12.7. The van der Waals surface area contributed by atoms with Crippen LogP contribution < -0.4 is 9.47 Å². The van der Waals surface area contributed by atoms with Gasteiger partial charge in [0.2, 0.25) is 0 Å². The van der Waals surface area contributed by atoms with Crippen molar-refractivity contribution in [1.82, 2.24) is 9.80 Å². The van der Waals surface area contributed by atoms with Crippen LogP contribution in [0.4, 0.5) is 9.59 Å². The number of amides is 1. The predicted molar refractivity (Wildman–Crippen MR) is 218 cm³/mol. The monoisotopic (exact) mass is 812 g/mol. The Morgan fingerprint density at radius 3 is 1.71 bits per heavy atom. The van der Waals surface area contributed by atoms with E-state index in [0.29, 0.717) is 24.6 Å². The minimum atomic E-state index is -0.873. The molecule has 4 bridgehead atoms. The second kappa shape index (κ2) is 14.8. The number of allylic oxidation sites excluding steroid dienone is 2. The van der Waals surface area contributed by atoms with Gasteiger partial charge in [0, 0.05) is 52.2 Å². The number of ether oxygens (including phenoxy) is 4. The highest BCUT2D eigenvalue weighted by Gasteiger charge is 2.65. The topological polar surface area (TPSA) is 77.5 Å². The van der Waals surface area contributed by atoms with Gasteiger partial charge in [-0.15, -0.1) is 0 Å². The molecule has 4 heterocycles. The van der Waals surface area contributed by atoms with E-state index in [0.717, 1.165) is 30.9 Å². The highest BCUT2D eigenvalue weighted by atomic mass is 35.5. The lowest BCUT2D eigenvalue weighted by Crippen LogP contribution is -2.65. The molecule has 8 aliphatic rings. The van der Waals surface area contributed by atoms with Crippen molar-refractivity contribution in [2.24, 2.45) is 11.8 Å². The second-order valence-corrected chi connectivity index (χ2v) is 18.2. The van der Waals surface area contributed by atoms with Gasteiger partial charge in [-0.25, -0.2) is 9.59 Å². The van der Waals surface area contributed by atoms with Crippen molar-refractivity contribution >= 4 is 46.3 Å². The summed E-state index contributed by atoms with van der Waals surface area (Å²) in [6.07, 6.45) is 11.3. The molecule has 2 spiro atoms. The van der Waals surface area contributed by atoms with E-state index < -0.39 is 16.6 Å². The van der Waals surface area contributed by atoms with Crippen molar-refractivity contribution in [3.8, 4) is 11.5 Å². The molecule has 2 aromatic rings. The Hall–Kier alpha value is -2.91. The van der Waals surface area contributed by atoms with E-state index in [1.54, 1.807) is 18.1 Å². The number of nitrogens with zero attached hydrogens (tertiary/aromatic N) is 2. The van der Waals surface area contributed by atoms with E-state index in [-0.39, 0.29) is 36.5 Å². The molecule has 2 saturated heterocycles. The van der Waals surface area contributed by atoms with Gasteiger partial charge < -0.3 is 28.7 Å². The molecule has 0 saturated carbocycles. The average molecular weight is 814 g/mol. The summed E-state index contributed by atoms with van der Waals surface area (Å²) in [5, 5.41) is 0. The first-order chi connectivity index (χ1) is 25.7. The molecule has 10 atom stereocenters. The van der Waals surface area contributed by atoms with Crippen LogP contribution >= 0.6 is 34.8 Å². The summed E-state index contributed by atoms with van der Waals surface area (Å²) in [6, 6.07) is 9.85. The number of rotatable bonds is 2. The molecule has 0 N–H and O–H groups in total. The first kappa shape index (κ1) is 40.3. The van der Waals surface area contributed by atoms with E-state index in [1.165, 1.54) is 71.9 Å². The van der Waals surface area contributed by atoms with Crippen LogP contribution in [-0.2, 0) is 33.1 Å². The first-order valence-electron chi connectivity index (χ1n) is 19.4. The number of alkyl halides is 2. The van der Waals surface area contributed by atoms with E-state index >= 15 is 0 Å². The smallest absolute Gasteiger partial charge is 0.411 e. The van der Waals surface area contributed by atoms with Crippen LogP contribution in [-0.4, -0.2) is 76.9 Å². The number of hydrogen-bond donors (Lipinski definition) is 0. The summed E-state index contributed by atoms with van der Waals surface area (Å²) < 4.78 is 22.6. The Morgan fingerprint density at radius 2 is 1.24 bits per heavy atom. The fourth-order valence-electron chi connectivity index (χ4n) is 11.8. The van der Waals surface area contributed by atoms with Crippen molar-refractivity contribution in [2.45, 2.75) is 134 Å². The van der Waals surface area contributed by atoms with Crippen molar-refractivity contribution in [3.05, 3.63) is 80.9 Å². The minimum Gasteiger partial charge on any atom is -0.485 e. The maximum absolute atomic E-state index is 12.7. The summed E-state index contributed by atoms with van der Waals surface area (Å²) in [7, 11) is 2.31. The largest absolute Gasteiger partial charge is 0.485 e. The van der Waals surface area contributed by atoms with Gasteiger partial charge in [-0.05, 0) is 139 Å². The lowest BCUT2D eigenvalue weighted by atomic mass is 9.52. The average Bonchev–Trinajstić information content (AvgIpc) is 3.65. The van der Waals surface area contributed by atoms with Gasteiger partial charge in [-0.2, -0.15) is 0 Å². The predicted octanol–water partition coefficient (Wildman–Crippen LogP) is 10.1. The van der Waals surface area contributed by atoms with Gasteiger partial charge in [0.05, 0.1) is 0 Å². The zero-order valence-corrected chi connectivity index (χ0v) is 34.5. The molecule has 0 radical (unpaired) electrons. The Bertz CT molecular complexity index is 1950. The zero-order chi connectivity index (χ0) is 38.4. The number of carbonyl (C=O) groups is 2. The molecule has 4 aliphatic heterocycles. The van der Waals surface area contributed by atoms with Crippen LogP contribution in [0.15, 0.2) is 47.6 Å². The van der Waals surface area contributed by atoms with Gasteiger partial charge in [0.25, 0.3) is 0 Å². The lowest BCUT2D eigenvalue weighted by molar-refractivity contribution is -0.0207. The Balaban J connectivity index is 0.000000144. The lowest BCUT2D eigenvalue weighted by Gasteiger charge is -2.57. The molecule has 8 nitrogen and oxygen atoms in total. The van der Waals surface area contributed by atoms with Crippen molar-refractivity contribution in [2.75, 3.05) is 20.1 Å². The van der Waals surface area contributed by atoms with Crippen LogP contribution in [0.25, 0.3) is 0 Å². The highest BCUT2D eigenvalue weighted by molar-refractivity contribution is 6.61. The van der Waals surface area contributed by atoms with Crippen LogP contribution in [0.1, 0.15) is 94.2 Å². The third-order valence-electron chi connectivity index (χ3n) is 13.9. The fourth-order valence-corrected chi connectivity index (χ4v) is 12.2. The number of hydrogen-bond acceptors (Lipinski definition) is 7. The van der Waals surface area contributed by atoms with Crippen molar-refractivity contribution in [3.63, 3.8) is 0 Å². The van der Waals surface area contributed by atoms with Crippen LogP contribution in [0.5, 0.6) is 11.5 Å². The Kier molecular flexibility index (Phi) is 10.8. The molecule has 11 heteroatoms. The van der Waals surface area contributed by atoms with Crippen LogP contribution in [0.3, 0.4) is 0 Å². The number of carbonyl (C=O) groups excluding carboxylic acids is 2.